The molecular formula is C6H6O3S. The molecule has 0 aliphatic carbocycles. The van der Waals surface area contributed by atoms with Crippen molar-refractivity contribution in [3.05, 3.63) is 17.0 Å². The Kier molecular flexibility index (Phi) is 1.91. The highest BCUT2D eigenvalue weighted by Gasteiger charge is 2.01. The number of rotatable bonds is 1. The van der Waals surface area contributed by atoms with E-state index in [1.807, 2.05) is 13.0 Å². The predicted octanol–water partition coefficient (Wildman–Crippen LogP) is 2.11. The summed E-state index contributed by atoms with van der Waals surface area (Å²) >= 11 is 1.31. The first-order valence-corrected chi connectivity index (χ1v) is 3.47. The number of hydrogen-bond acceptors (Lipinski definition) is 3. The van der Waals surface area contributed by atoms with E-state index in [4.69, 9.17) is 5.11 Å². The molecular weight excluding hydrogens is 152 g/mol. The lowest BCUT2D eigenvalue weighted by Crippen LogP contribution is -2.00. The minimum Gasteiger partial charge on any atom is -0.449 e. The molecule has 0 aliphatic rings. The van der Waals surface area contributed by atoms with Gasteiger partial charge in [0.05, 0.1) is 0 Å². The summed E-state index contributed by atoms with van der Waals surface area (Å²) in [6, 6.07) is 3.44. The summed E-state index contributed by atoms with van der Waals surface area (Å²) in [5.74, 6) is 0. The third-order valence-electron chi connectivity index (χ3n) is 0.904. The summed E-state index contributed by atoms with van der Waals surface area (Å²) in [6.07, 6.45) is -1.26. The second-order valence-corrected chi connectivity index (χ2v) is 2.98. The minimum atomic E-state index is -1.26. The van der Waals surface area contributed by atoms with Gasteiger partial charge < -0.3 is 9.84 Å². The molecule has 1 heterocycles. The van der Waals surface area contributed by atoms with Crippen LogP contribution in [0.25, 0.3) is 0 Å². The first-order chi connectivity index (χ1) is 4.68. The molecule has 54 valence electrons. The van der Waals surface area contributed by atoms with Crippen LogP contribution in [-0.4, -0.2) is 11.3 Å². The van der Waals surface area contributed by atoms with Gasteiger partial charge in [-0.3, -0.25) is 0 Å². The third kappa shape index (κ3) is 1.73. The maximum absolute atomic E-state index is 9.96. The first kappa shape index (κ1) is 7.08. The summed E-state index contributed by atoms with van der Waals surface area (Å²) in [5, 5.41) is 8.58. The fourth-order valence-electron chi connectivity index (χ4n) is 0.553. The Hall–Kier alpha value is -1.03. The van der Waals surface area contributed by atoms with Crippen molar-refractivity contribution in [1.29, 1.82) is 0 Å². The molecule has 1 aromatic heterocycles. The molecule has 0 saturated heterocycles. The molecule has 1 N–H and O–H groups in total. The molecule has 0 radical (unpaired) electrons. The number of carboxylic acid groups (broad SMARTS) is 1. The molecule has 3 nitrogen and oxygen atoms in total. The maximum Gasteiger partial charge on any atom is 0.512 e. The van der Waals surface area contributed by atoms with Crippen LogP contribution in [0.2, 0.25) is 0 Å². The molecule has 0 unspecified atom stereocenters. The topological polar surface area (TPSA) is 46.5 Å². The summed E-state index contributed by atoms with van der Waals surface area (Å²) in [4.78, 5) is 11.0. The Morgan fingerprint density at radius 2 is 2.40 bits per heavy atom. The van der Waals surface area contributed by atoms with E-state index in [2.05, 4.69) is 4.74 Å². The molecule has 0 spiro atoms. The molecule has 0 amide bonds. The summed E-state index contributed by atoms with van der Waals surface area (Å²) in [7, 11) is 0. The number of thiophene rings is 1. The molecule has 0 atom stereocenters. The Balaban J connectivity index is 2.67. The third-order valence-corrected chi connectivity index (χ3v) is 1.78. The van der Waals surface area contributed by atoms with Gasteiger partial charge in [0.1, 0.15) is 0 Å². The van der Waals surface area contributed by atoms with Crippen molar-refractivity contribution in [2.45, 2.75) is 6.92 Å². The zero-order valence-electron chi connectivity index (χ0n) is 5.33. The van der Waals surface area contributed by atoms with E-state index in [0.717, 1.165) is 4.88 Å². The zero-order valence-corrected chi connectivity index (χ0v) is 6.14. The fourth-order valence-corrected chi connectivity index (χ4v) is 1.26. The first-order valence-electron chi connectivity index (χ1n) is 2.65. The van der Waals surface area contributed by atoms with Crippen molar-refractivity contribution in [3.8, 4) is 5.06 Å². The Labute approximate surface area is 61.9 Å². The Bertz CT molecular complexity index is 241. The van der Waals surface area contributed by atoms with Crippen LogP contribution in [0.3, 0.4) is 0 Å². The summed E-state index contributed by atoms with van der Waals surface area (Å²) in [5.41, 5.74) is 0. The van der Waals surface area contributed by atoms with E-state index in [1.165, 1.54) is 11.3 Å². The molecule has 0 aromatic carbocycles. The SMILES string of the molecule is Cc1ccc(OC(=O)O)s1. The van der Waals surface area contributed by atoms with E-state index in [0.29, 0.717) is 5.06 Å². The van der Waals surface area contributed by atoms with Gasteiger partial charge in [0.25, 0.3) is 0 Å². The lowest BCUT2D eigenvalue weighted by molar-refractivity contribution is 0.146. The highest BCUT2D eigenvalue weighted by molar-refractivity contribution is 7.13. The second-order valence-electron chi connectivity index (χ2n) is 1.73. The van der Waals surface area contributed by atoms with Gasteiger partial charge >= 0.3 is 6.16 Å². The quantitative estimate of drug-likeness (QED) is 0.637. The van der Waals surface area contributed by atoms with Crippen molar-refractivity contribution in [3.63, 3.8) is 0 Å². The monoisotopic (exact) mass is 158 g/mol. The molecule has 0 fully saturated rings. The van der Waals surface area contributed by atoms with Crippen molar-refractivity contribution in [1.82, 2.24) is 0 Å². The average Bonchev–Trinajstić information content (AvgIpc) is 2.13. The molecule has 0 bridgehead atoms. The van der Waals surface area contributed by atoms with Crippen molar-refractivity contribution < 1.29 is 14.6 Å². The van der Waals surface area contributed by atoms with Gasteiger partial charge in [0, 0.05) is 4.88 Å². The fraction of sp³-hybridized carbons (Fsp3) is 0.167. The largest absolute Gasteiger partial charge is 0.512 e. The van der Waals surface area contributed by atoms with Gasteiger partial charge in [0.2, 0.25) is 0 Å². The van der Waals surface area contributed by atoms with Gasteiger partial charge in [-0.2, -0.15) is 0 Å². The minimum absolute atomic E-state index is 0.421. The highest BCUT2D eigenvalue weighted by atomic mass is 32.1. The van der Waals surface area contributed by atoms with Crippen LogP contribution >= 0.6 is 11.3 Å². The number of ether oxygens (including phenoxy) is 1. The normalized spacial score (nSPS) is 9.30. The number of aryl methyl sites for hydroxylation is 1. The number of hydrogen-bond donors (Lipinski definition) is 1. The Morgan fingerprint density at radius 1 is 1.70 bits per heavy atom. The van der Waals surface area contributed by atoms with Crippen LogP contribution < -0.4 is 4.74 Å². The van der Waals surface area contributed by atoms with Crippen LogP contribution in [0.4, 0.5) is 4.79 Å². The van der Waals surface area contributed by atoms with Gasteiger partial charge in [-0.15, -0.1) is 11.3 Å². The van der Waals surface area contributed by atoms with Crippen LogP contribution in [0.5, 0.6) is 5.06 Å². The molecule has 1 aromatic rings. The van der Waals surface area contributed by atoms with Crippen molar-refractivity contribution in [2.75, 3.05) is 0 Å². The smallest absolute Gasteiger partial charge is 0.449 e. The van der Waals surface area contributed by atoms with Gasteiger partial charge in [-0.05, 0) is 19.1 Å². The lowest BCUT2D eigenvalue weighted by Gasteiger charge is -1.90. The summed E-state index contributed by atoms with van der Waals surface area (Å²) < 4.78 is 4.37. The van der Waals surface area contributed by atoms with Gasteiger partial charge in [-0.1, -0.05) is 0 Å². The van der Waals surface area contributed by atoms with E-state index in [1.54, 1.807) is 6.07 Å². The van der Waals surface area contributed by atoms with Crippen LogP contribution in [0, 0.1) is 6.92 Å². The lowest BCUT2D eigenvalue weighted by atomic mass is 10.5. The highest BCUT2D eigenvalue weighted by Crippen LogP contribution is 2.22. The molecule has 0 aliphatic heterocycles. The predicted molar refractivity (Wildman–Crippen MR) is 37.7 cm³/mol. The van der Waals surface area contributed by atoms with E-state index in [-0.39, 0.29) is 0 Å². The van der Waals surface area contributed by atoms with Crippen LogP contribution in [-0.2, 0) is 0 Å². The van der Waals surface area contributed by atoms with E-state index < -0.39 is 6.16 Å². The van der Waals surface area contributed by atoms with Crippen LogP contribution in [0.1, 0.15) is 4.88 Å². The summed E-state index contributed by atoms with van der Waals surface area (Å²) in [6.45, 7) is 1.89. The molecule has 1 rings (SSSR count). The molecule has 10 heavy (non-hydrogen) atoms. The molecule has 0 saturated carbocycles. The molecule has 4 heteroatoms. The Morgan fingerprint density at radius 3 is 2.80 bits per heavy atom. The average molecular weight is 158 g/mol. The maximum atomic E-state index is 9.96. The van der Waals surface area contributed by atoms with Crippen LogP contribution in [0.15, 0.2) is 12.1 Å². The van der Waals surface area contributed by atoms with Crippen molar-refractivity contribution in [2.24, 2.45) is 0 Å². The van der Waals surface area contributed by atoms with E-state index >= 15 is 0 Å². The zero-order chi connectivity index (χ0) is 7.56. The van der Waals surface area contributed by atoms with E-state index in [9.17, 15) is 4.79 Å². The van der Waals surface area contributed by atoms with Crippen molar-refractivity contribution >= 4 is 17.5 Å². The second kappa shape index (κ2) is 2.70. The number of carbonyl (C=O) groups is 1. The standard InChI is InChI=1S/C6H6O3S/c1-4-2-3-5(10-4)9-6(7)8/h2-3H,1H3,(H,7,8). The van der Waals surface area contributed by atoms with Gasteiger partial charge in [-0.25, -0.2) is 4.79 Å². The van der Waals surface area contributed by atoms with Gasteiger partial charge in [0.15, 0.2) is 5.06 Å².